The Morgan fingerprint density at radius 2 is 1.88 bits per heavy atom. The van der Waals surface area contributed by atoms with E-state index in [9.17, 15) is 9.59 Å². The minimum Gasteiger partial charge on any atom is -0.493 e. The molecule has 0 unspecified atom stereocenters. The molecule has 0 fully saturated rings. The number of H-pyrrole nitrogens is 1. The Bertz CT molecular complexity index is 1100. The molecule has 0 bridgehead atoms. The summed E-state index contributed by atoms with van der Waals surface area (Å²) >= 11 is 0. The van der Waals surface area contributed by atoms with Gasteiger partial charge in [-0.05, 0) is 36.6 Å². The van der Waals surface area contributed by atoms with Gasteiger partial charge in [0.15, 0.2) is 17.3 Å². The summed E-state index contributed by atoms with van der Waals surface area (Å²) in [6.07, 6.45) is 3.14. The Labute approximate surface area is 193 Å². The zero-order chi connectivity index (χ0) is 23.5. The number of unbranched alkanes of at least 4 members (excludes halogenated alkanes) is 1. The molecule has 0 aliphatic heterocycles. The number of ether oxygens (including phenoxy) is 2. The molecule has 1 aromatic heterocycles. The third kappa shape index (κ3) is 7.17. The van der Waals surface area contributed by atoms with Crippen molar-refractivity contribution >= 4 is 5.91 Å². The SMILES string of the molecule is CCCCOc1ccc(-c2nnc(CCC(=O)NCCc3ccccc3)c(=O)[nH]2)cc1OC. The van der Waals surface area contributed by atoms with Crippen LogP contribution in [0.1, 0.15) is 37.4 Å². The maximum absolute atomic E-state index is 12.5. The third-order valence-electron chi connectivity index (χ3n) is 5.12. The zero-order valence-electron chi connectivity index (χ0n) is 19.1. The van der Waals surface area contributed by atoms with Gasteiger partial charge in [0.25, 0.3) is 5.56 Å². The van der Waals surface area contributed by atoms with Gasteiger partial charge in [0.2, 0.25) is 5.91 Å². The smallest absolute Gasteiger partial charge is 0.273 e. The second-order valence-electron chi connectivity index (χ2n) is 7.60. The highest BCUT2D eigenvalue weighted by molar-refractivity contribution is 5.76. The van der Waals surface area contributed by atoms with Crippen LogP contribution in [-0.2, 0) is 17.6 Å². The molecule has 0 spiro atoms. The van der Waals surface area contributed by atoms with Crippen molar-refractivity contribution < 1.29 is 14.3 Å². The van der Waals surface area contributed by atoms with Gasteiger partial charge >= 0.3 is 0 Å². The van der Waals surface area contributed by atoms with Crippen molar-refractivity contribution in [3.63, 3.8) is 0 Å². The van der Waals surface area contributed by atoms with E-state index in [0.717, 1.165) is 24.8 Å². The minimum absolute atomic E-state index is 0.125. The van der Waals surface area contributed by atoms with Gasteiger partial charge in [-0.3, -0.25) is 9.59 Å². The van der Waals surface area contributed by atoms with Crippen molar-refractivity contribution in [2.24, 2.45) is 0 Å². The van der Waals surface area contributed by atoms with Gasteiger partial charge in [0.05, 0.1) is 13.7 Å². The van der Waals surface area contributed by atoms with Crippen LogP contribution in [0.3, 0.4) is 0 Å². The summed E-state index contributed by atoms with van der Waals surface area (Å²) in [6.45, 7) is 3.25. The number of nitrogens with one attached hydrogen (secondary N) is 2. The highest BCUT2D eigenvalue weighted by atomic mass is 16.5. The van der Waals surface area contributed by atoms with E-state index >= 15 is 0 Å². The first-order valence-corrected chi connectivity index (χ1v) is 11.2. The minimum atomic E-state index is -0.362. The Kier molecular flexibility index (Phi) is 8.99. The first kappa shape index (κ1) is 24.0. The van der Waals surface area contributed by atoms with Crippen LogP contribution < -0.4 is 20.3 Å². The lowest BCUT2D eigenvalue weighted by molar-refractivity contribution is -0.121. The molecule has 0 saturated carbocycles. The number of carbonyl (C=O) groups excluding carboxylic acids is 1. The van der Waals surface area contributed by atoms with Crippen LogP contribution in [0.25, 0.3) is 11.4 Å². The van der Waals surface area contributed by atoms with Gasteiger partial charge in [0.1, 0.15) is 5.69 Å². The van der Waals surface area contributed by atoms with Gasteiger partial charge in [-0.2, -0.15) is 0 Å². The molecule has 0 aliphatic carbocycles. The van der Waals surface area contributed by atoms with E-state index < -0.39 is 0 Å². The Morgan fingerprint density at radius 3 is 2.61 bits per heavy atom. The van der Waals surface area contributed by atoms with Crippen LogP contribution in [0, 0.1) is 0 Å². The van der Waals surface area contributed by atoms with Crippen LogP contribution in [-0.4, -0.2) is 41.3 Å². The van der Waals surface area contributed by atoms with Crippen molar-refractivity contribution in [1.29, 1.82) is 0 Å². The first-order chi connectivity index (χ1) is 16.1. The fourth-order valence-corrected chi connectivity index (χ4v) is 3.23. The lowest BCUT2D eigenvalue weighted by atomic mass is 10.1. The number of benzene rings is 2. The predicted octanol–water partition coefficient (Wildman–Crippen LogP) is 3.31. The van der Waals surface area contributed by atoms with Gasteiger partial charge in [-0.1, -0.05) is 43.7 Å². The standard InChI is InChI=1S/C25H30N4O4/c1-3-4-16-33-21-12-10-19(17-22(21)32-2)24-27-25(31)20(28-29-24)11-13-23(30)26-15-14-18-8-6-5-7-9-18/h5-10,12,17H,3-4,11,13-16H2,1-2H3,(H,26,30)(H,27,29,31). The normalized spacial score (nSPS) is 10.6. The number of amides is 1. The molecule has 1 amide bonds. The highest BCUT2D eigenvalue weighted by Crippen LogP contribution is 2.31. The maximum Gasteiger partial charge on any atom is 0.273 e. The van der Waals surface area contributed by atoms with E-state index in [2.05, 4.69) is 27.4 Å². The number of rotatable bonds is 12. The summed E-state index contributed by atoms with van der Waals surface area (Å²) in [4.78, 5) is 27.3. The molecular formula is C25H30N4O4. The van der Waals surface area contributed by atoms with Gasteiger partial charge in [0, 0.05) is 24.9 Å². The summed E-state index contributed by atoms with van der Waals surface area (Å²) in [6, 6.07) is 15.3. The second-order valence-corrected chi connectivity index (χ2v) is 7.60. The highest BCUT2D eigenvalue weighted by Gasteiger charge is 2.12. The third-order valence-corrected chi connectivity index (χ3v) is 5.12. The van der Waals surface area contributed by atoms with Crippen molar-refractivity contribution in [3.8, 4) is 22.9 Å². The fraction of sp³-hybridized carbons (Fsp3) is 0.360. The molecule has 3 aromatic rings. The van der Waals surface area contributed by atoms with E-state index in [4.69, 9.17) is 9.47 Å². The molecule has 0 aliphatic rings. The quantitative estimate of drug-likeness (QED) is 0.410. The van der Waals surface area contributed by atoms with Crippen LogP contribution in [0.4, 0.5) is 0 Å². The Hall–Kier alpha value is -3.68. The Balaban J connectivity index is 1.56. The van der Waals surface area contributed by atoms with Crippen LogP contribution in [0.2, 0.25) is 0 Å². The van der Waals surface area contributed by atoms with Crippen molar-refractivity contribution in [2.45, 2.75) is 39.0 Å². The number of aryl methyl sites for hydroxylation is 1. The summed E-state index contributed by atoms with van der Waals surface area (Å²) < 4.78 is 11.1. The number of methoxy groups -OCH3 is 1. The van der Waals surface area contributed by atoms with Crippen LogP contribution in [0.5, 0.6) is 11.5 Å². The molecule has 2 N–H and O–H groups in total. The lowest BCUT2D eigenvalue weighted by Gasteiger charge is -2.11. The summed E-state index contributed by atoms with van der Waals surface area (Å²) in [5.41, 5.74) is 1.68. The average Bonchev–Trinajstić information content (AvgIpc) is 2.84. The van der Waals surface area contributed by atoms with E-state index in [1.807, 2.05) is 30.3 Å². The first-order valence-electron chi connectivity index (χ1n) is 11.2. The predicted molar refractivity (Wildman–Crippen MR) is 127 cm³/mol. The second kappa shape index (κ2) is 12.4. The number of hydrogen-bond acceptors (Lipinski definition) is 6. The van der Waals surface area contributed by atoms with Crippen LogP contribution in [0.15, 0.2) is 53.3 Å². The molecule has 33 heavy (non-hydrogen) atoms. The number of aromatic nitrogens is 3. The van der Waals surface area contributed by atoms with Crippen molar-refractivity contribution in [1.82, 2.24) is 20.5 Å². The molecule has 0 saturated heterocycles. The molecule has 2 aromatic carbocycles. The molecule has 3 rings (SSSR count). The molecule has 1 heterocycles. The van der Waals surface area contributed by atoms with Crippen molar-refractivity contribution in [2.75, 3.05) is 20.3 Å². The van der Waals surface area contributed by atoms with E-state index in [1.54, 1.807) is 25.3 Å². The fourth-order valence-electron chi connectivity index (χ4n) is 3.23. The summed E-state index contributed by atoms with van der Waals surface area (Å²) in [7, 11) is 1.56. The van der Waals surface area contributed by atoms with Crippen LogP contribution >= 0.6 is 0 Å². The Morgan fingerprint density at radius 1 is 1.06 bits per heavy atom. The summed E-state index contributed by atoms with van der Waals surface area (Å²) in [5, 5.41) is 11.1. The molecule has 0 atom stereocenters. The largest absolute Gasteiger partial charge is 0.493 e. The van der Waals surface area contributed by atoms with Gasteiger partial charge in [-0.15, -0.1) is 10.2 Å². The maximum atomic E-state index is 12.5. The topological polar surface area (TPSA) is 106 Å². The number of hydrogen-bond donors (Lipinski definition) is 2. The van der Waals surface area contributed by atoms with E-state index in [0.29, 0.717) is 36.0 Å². The average molecular weight is 451 g/mol. The molecule has 8 heteroatoms. The number of nitrogens with zero attached hydrogens (tertiary/aromatic N) is 2. The van der Waals surface area contributed by atoms with E-state index in [1.165, 1.54) is 0 Å². The van der Waals surface area contributed by atoms with Gasteiger partial charge < -0.3 is 19.8 Å². The van der Waals surface area contributed by atoms with Crippen molar-refractivity contribution in [3.05, 3.63) is 70.1 Å². The number of carbonyl (C=O) groups is 1. The number of aromatic amines is 1. The summed E-state index contributed by atoms with van der Waals surface area (Å²) in [5.74, 6) is 1.40. The lowest BCUT2D eigenvalue weighted by Crippen LogP contribution is -2.27. The molecule has 8 nitrogen and oxygen atoms in total. The van der Waals surface area contributed by atoms with E-state index in [-0.39, 0.29) is 30.0 Å². The van der Waals surface area contributed by atoms with Gasteiger partial charge in [-0.25, -0.2) is 0 Å². The molecule has 174 valence electrons. The monoisotopic (exact) mass is 450 g/mol. The zero-order valence-corrected chi connectivity index (χ0v) is 19.1. The molecule has 0 radical (unpaired) electrons. The molecular weight excluding hydrogens is 420 g/mol.